The molecule has 190 valence electrons. The highest BCUT2D eigenvalue weighted by Crippen LogP contribution is 2.39. The Labute approximate surface area is 203 Å². The lowest BCUT2D eigenvalue weighted by atomic mass is 9.93. The Morgan fingerprint density at radius 3 is 2.39 bits per heavy atom. The van der Waals surface area contributed by atoms with Gasteiger partial charge in [-0.3, -0.25) is 14.5 Å². The predicted molar refractivity (Wildman–Crippen MR) is 123 cm³/mol. The van der Waals surface area contributed by atoms with Crippen molar-refractivity contribution in [1.29, 1.82) is 0 Å². The van der Waals surface area contributed by atoms with Gasteiger partial charge in [0.25, 0.3) is 5.91 Å². The maximum atomic E-state index is 13.3. The number of hydrogen-bond acceptors (Lipinski definition) is 6. The number of aromatic nitrogens is 3. The number of likely N-dealkylation sites (tertiary alicyclic amines) is 1. The van der Waals surface area contributed by atoms with Crippen LogP contribution in [0.5, 0.6) is 0 Å². The van der Waals surface area contributed by atoms with Crippen molar-refractivity contribution >= 4 is 22.6 Å². The first-order chi connectivity index (χ1) is 17.1. The number of amides is 1. The molecule has 0 bridgehead atoms. The lowest BCUT2D eigenvalue weighted by Gasteiger charge is -2.44. The van der Waals surface area contributed by atoms with E-state index >= 15 is 0 Å². The fraction of sp³-hybridized carbons (Fsp3) is 0.375. The molecule has 5 rings (SSSR count). The van der Waals surface area contributed by atoms with E-state index in [1.165, 1.54) is 17.0 Å². The van der Waals surface area contributed by atoms with Crippen molar-refractivity contribution in [2.75, 3.05) is 37.7 Å². The van der Waals surface area contributed by atoms with Crippen LogP contribution in [0.1, 0.15) is 11.6 Å². The number of carbonyl (C=O) groups excluding carboxylic acids is 1. The molecule has 2 fully saturated rings. The highest BCUT2D eigenvalue weighted by molar-refractivity contribution is 5.98. The summed E-state index contributed by atoms with van der Waals surface area (Å²) in [5.74, 6) is -1.97. The van der Waals surface area contributed by atoms with Gasteiger partial charge in [0.2, 0.25) is 0 Å². The predicted octanol–water partition coefficient (Wildman–Crippen LogP) is 2.77. The zero-order valence-electron chi connectivity index (χ0n) is 19.0. The van der Waals surface area contributed by atoms with Crippen molar-refractivity contribution in [3.8, 4) is 11.3 Å². The summed E-state index contributed by atoms with van der Waals surface area (Å²) in [6.07, 6.45) is -3.73. The minimum Gasteiger partial charge on any atom is -0.394 e. The number of fused-ring (bicyclic) bond motifs is 1. The summed E-state index contributed by atoms with van der Waals surface area (Å²) < 4.78 is 54.2. The quantitative estimate of drug-likeness (QED) is 0.395. The van der Waals surface area contributed by atoms with E-state index in [1.807, 2.05) is 4.90 Å². The van der Waals surface area contributed by atoms with Gasteiger partial charge in [-0.2, -0.15) is 18.3 Å². The Balaban J connectivity index is 1.54. The molecule has 0 saturated carbocycles. The minimum absolute atomic E-state index is 0.114. The fourth-order valence-electron chi connectivity index (χ4n) is 4.63. The largest absolute Gasteiger partial charge is 0.416 e. The number of aliphatic hydroxyl groups is 2. The summed E-state index contributed by atoms with van der Waals surface area (Å²) >= 11 is 0. The van der Waals surface area contributed by atoms with E-state index in [-0.39, 0.29) is 31.7 Å². The maximum Gasteiger partial charge on any atom is 0.416 e. The molecular weight excluding hydrogens is 482 g/mol. The van der Waals surface area contributed by atoms with Gasteiger partial charge in [0.1, 0.15) is 16.7 Å². The molecule has 0 aliphatic carbocycles. The zero-order chi connectivity index (χ0) is 25.8. The Hall–Kier alpha value is -3.51. The Morgan fingerprint density at radius 2 is 1.81 bits per heavy atom. The van der Waals surface area contributed by atoms with Gasteiger partial charge in [0.15, 0.2) is 5.83 Å². The second-order valence-electron chi connectivity index (χ2n) is 9.08. The van der Waals surface area contributed by atoms with Gasteiger partial charge in [-0.25, -0.2) is 4.39 Å². The number of benzene rings is 1. The van der Waals surface area contributed by atoms with E-state index in [0.717, 1.165) is 17.8 Å². The number of nitrogens with zero attached hydrogens (tertiary/aromatic N) is 5. The van der Waals surface area contributed by atoms with Crippen LogP contribution in [0, 0.1) is 5.92 Å². The third kappa shape index (κ3) is 4.09. The van der Waals surface area contributed by atoms with Gasteiger partial charge in [-0.15, -0.1) is 0 Å². The Kier molecular flexibility index (Phi) is 5.95. The van der Waals surface area contributed by atoms with Gasteiger partial charge in [0, 0.05) is 43.9 Å². The van der Waals surface area contributed by atoms with Crippen LogP contribution in [0.2, 0.25) is 0 Å². The molecule has 1 aromatic carbocycles. The van der Waals surface area contributed by atoms with E-state index in [1.54, 1.807) is 16.9 Å². The zero-order valence-corrected chi connectivity index (χ0v) is 19.0. The maximum absolute atomic E-state index is 13.3. The van der Waals surface area contributed by atoms with Gasteiger partial charge >= 0.3 is 6.18 Å². The molecule has 2 saturated heterocycles. The highest BCUT2D eigenvalue weighted by atomic mass is 19.4. The molecule has 4 heterocycles. The number of halogens is 4. The first-order valence-corrected chi connectivity index (χ1v) is 11.3. The number of pyridine rings is 1. The number of alkyl halides is 3. The van der Waals surface area contributed by atoms with E-state index in [4.69, 9.17) is 0 Å². The summed E-state index contributed by atoms with van der Waals surface area (Å²) in [7, 11) is 0. The molecule has 2 aliphatic heterocycles. The first-order valence-electron chi connectivity index (χ1n) is 11.3. The molecule has 0 spiro atoms. The third-order valence-corrected chi connectivity index (χ3v) is 6.76. The molecule has 12 heteroatoms. The summed E-state index contributed by atoms with van der Waals surface area (Å²) in [6.45, 7) is 4.04. The molecule has 2 N–H and O–H groups in total. The summed E-state index contributed by atoms with van der Waals surface area (Å²) in [6, 6.07) is 6.12. The molecule has 3 aromatic rings. The Bertz CT molecular complexity index is 1310. The monoisotopic (exact) mass is 505 g/mol. The van der Waals surface area contributed by atoms with Crippen LogP contribution in [0.25, 0.3) is 22.3 Å². The van der Waals surface area contributed by atoms with Gasteiger partial charge < -0.3 is 20.0 Å². The van der Waals surface area contributed by atoms with Crippen LogP contribution in [0.15, 0.2) is 48.9 Å². The third-order valence-electron chi connectivity index (χ3n) is 6.76. The lowest BCUT2D eigenvalue weighted by molar-refractivity contribution is -0.137. The van der Waals surface area contributed by atoms with Crippen molar-refractivity contribution in [1.82, 2.24) is 19.7 Å². The number of rotatable bonds is 6. The van der Waals surface area contributed by atoms with Gasteiger partial charge in [0.05, 0.1) is 30.0 Å². The number of hydrogen-bond donors (Lipinski definition) is 2. The van der Waals surface area contributed by atoms with Crippen LogP contribution < -0.4 is 4.90 Å². The van der Waals surface area contributed by atoms with Crippen LogP contribution in [-0.4, -0.2) is 74.7 Å². The molecule has 1 unspecified atom stereocenters. The molecular formula is C24H23F4N5O3. The number of aliphatic hydroxyl groups excluding tert-OH is 2. The number of carbonyl (C=O) groups is 1. The fourth-order valence-corrected chi connectivity index (χ4v) is 4.63. The molecule has 8 nitrogen and oxygen atoms in total. The van der Waals surface area contributed by atoms with Crippen molar-refractivity contribution < 1.29 is 32.6 Å². The number of anilines is 1. The van der Waals surface area contributed by atoms with Crippen molar-refractivity contribution in [2.24, 2.45) is 5.92 Å². The average Bonchev–Trinajstić information content (AvgIpc) is 3.16. The topological polar surface area (TPSA) is 94.7 Å². The molecule has 0 radical (unpaired) electrons. The van der Waals surface area contributed by atoms with Crippen molar-refractivity contribution in [3.63, 3.8) is 0 Å². The van der Waals surface area contributed by atoms with Gasteiger partial charge in [-0.1, -0.05) is 18.7 Å². The summed E-state index contributed by atoms with van der Waals surface area (Å²) in [5.41, 5.74) is 1.90. The van der Waals surface area contributed by atoms with Crippen molar-refractivity contribution in [3.05, 3.63) is 54.5 Å². The van der Waals surface area contributed by atoms with Crippen LogP contribution >= 0.6 is 0 Å². The minimum atomic E-state index is -4.47. The molecule has 36 heavy (non-hydrogen) atoms. The van der Waals surface area contributed by atoms with E-state index in [9.17, 15) is 32.6 Å². The van der Waals surface area contributed by atoms with Crippen LogP contribution in [-0.2, 0) is 11.0 Å². The molecule has 2 aromatic heterocycles. The molecule has 1 amide bonds. The smallest absolute Gasteiger partial charge is 0.394 e. The van der Waals surface area contributed by atoms with Crippen LogP contribution in [0.3, 0.4) is 0 Å². The standard InChI is InChI=1S/C24H23F4N5O3/c1-13(25)23(36)32-10-17(11-32)33-22-18(31-8-15(9-31)19(35)12-34)6-7-29-21(22)20(30-33)14-2-4-16(5-3-14)24(26,27)28/h2-7,15,17,19,34-35H,1,8-12H2. The van der Waals surface area contributed by atoms with E-state index < -0.39 is 29.6 Å². The van der Waals surface area contributed by atoms with Crippen molar-refractivity contribution in [2.45, 2.75) is 18.3 Å². The van der Waals surface area contributed by atoms with Gasteiger partial charge in [-0.05, 0) is 18.2 Å². The first kappa shape index (κ1) is 24.2. The van der Waals surface area contributed by atoms with E-state index in [2.05, 4.69) is 16.7 Å². The SMILES string of the molecule is C=C(F)C(=O)N1CC(n2nc(-c3ccc(C(F)(F)F)cc3)c3nccc(N4CC(C(O)CO)C4)c32)C1. The summed E-state index contributed by atoms with van der Waals surface area (Å²) in [5, 5.41) is 23.9. The van der Waals surface area contributed by atoms with Crippen LogP contribution in [0.4, 0.5) is 23.2 Å². The lowest BCUT2D eigenvalue weighted by Crippen LogP contribution is -2.53. The Morgan fingerprint density at radius 1 is 1.14 bits per heavy atom. The average molecular weight is 505 g/mol. The normalized spacial score (nSPS) is 17.7. The highest BCUT2D eigenvalue weighted by Gasteiger charge is 2.38. The molecule has 1 atom stereocenters. The second kappa shape index (κ2) is 8.86. The summed E-state index contributed by atoms with van der Waals surface area (Å²) in [4.78, 5) is 19.7. The molecule has 2 aliphatic rings. The van der Waals surface area contributed by atoms with E-state index in [0.29, 0.717) is 35.4 Å². The second-order valence-corrected chi connectivity index (χ2v) is 9.08.